The molecule has 15 heavy (non-hydrogen) atoms. The van der Waals surface area contributed by atoms with Crippen LogP contribution in [0.1, 0.15) is 23.8 Å². The highest BCUT2D eigenvalue weighted by molar-refractivity contribution is 7.10. The summed E-state index contributed by atoms with van der Waals surface area (Å²) in [5, 5.41) is 6.07. The summed E-state index contributed by atoms with van der Waals surface area (Å²) in [4.78, 5) is 1.13. The van der Waals surface area contributed by atoms with Crippen LogP contribution in [0.25, 0.3) is 0 Å². The van der Waals surface area contributed by atoms with E-state index in [2.05, 4.69) is 11.4 Å². The maximum absolute atomic E-state index is 6.12. The number of halogens is 1. The minimum Gasteiger partial charge on any atom is -0.496 e. The van der Waals surface area contributed by atoms with Crippen molar-refractivity contribution in [1.29, 1.82) is 0 Å². The molecular weight excluding hydrogens is 230 g/mol. The van der Waals surface area contributed by atoms with Crippen molar-refractivity contribution in [2.24, 2.45) is 0 Å². The molecule has 2 rings (SSSR count). The largest absolute Gasteiger partial charge is 0.496 e. The molecule has 2 nitrogen and oxygen atoms in total. The van der Waals surface area contributed by atoms with Crippen LogP contribution in [0.4, 0.5) is 0 Å². The monoisotopic (exact) mass is 243 g/mol. The van der Waals surface area contributed by atoms with Crippen LogP contribution in [0.3, 0.4) is 0 Å². The zero-order valence-electron chi connectivity index (χ0n) is 8.63. The SMILES string of the molecule is CNC(C1=CCCCO1)c1sccc1Cl. The fraction of sp³-hybridized carbons (Fsp3) is 0.455. The van der Waals surface area contributed by atoms with Gasteiger partial charge in [-0.1, -0.05) is 11.6 Å². The lowest BCUT2D eigenvalue weighted by Gasteiger charge is -2.22. The first-order valence-electron chi connectivity index (χ1n) is 5.06. The number of nitrogens with one attached hydrogen (secondary N) is 1. The van der Waals surface area contributed by atoms with Crippen LogP contribution in [0, 0.1) is 0 Å². The maximum atomic E-state index is 6.12. The van der Waals surface area contributed by atoms with E-state index in [-0.39, 0.29) is 6.04 Å². The number of hydrogen-bond acceptors (Lipinski definition) is 3. The molecule has 0 spiro atoms. The Morgan fingerprint density at radius 1 is 1.60 bits per heavy atom. The van der Waals surface area contributed by atoms with Crippen molar-refractivity contribution in [2.45, 2.75) is 18.9 Å². The molecule has 0 saturated carbocycles. The third-order valence-electron chi connectivity index (χ3n) is 2.44. The molecule has 1 aliphatic rings. The lowest BCUT2D eigenvalue weighted by atomic mass is 10.1. The first kappa shape index (κ1) is 11.0. The van der Waals surface area contributed by atoms with Crippen molar-refractivity contribution in [3.8, 4) is 0 Å². The van der Waals surface area contributed by atoms with Gasteiger partial charge in [-0.2, -0.15) is 0 Å². The van der Waals surface area contributed by atoms with E-state index < -0.39 is 0 Å². The van der Waals surface area contributed by atoms with E-state index in [1.54, 1.807) is 11.3 Å². The molecule has 1 aromatic rings. The minimum absolute atomic E-state index is 0.109. The molecule has 0 fully saturated rings. The summed E-state index contributed by atoms with van der Waals surface area (Å²) in [6, 6.07) is 2.03. The number of hydrogen-bond donors (Lipinski definition) is 1. The van der Waals surface area contributed by atoms with Crippen molar-refractivity contribution in [2.75, 3.05) is 13.7 Å². The molecule has 0 bridgehead atoms. The van der Waals surface area contributed by atoms with Crippen LogP contribution in [0.2, 0.25) is 5.02 Å². The summed E-state index contributed by atoms with van der Waals surface area (Å²) < 4.78 is 5.66. The molecule has 0 amide bonds. The molecule has 1 N–H and O–H groups in total. The zero-order valence-corrected chi connectivity index (χ0v) is 10.2. The highest BCUT2D eigenvalue weighted by Gasteiger charge is 2.21. The molecule has 1 aliphatic heterocycles. The molecule has 0 aromatic carbocycles. The summed E-state index contributed by atoms with van der Waals surface area (Å²) in [5.41, 5.74) is 0. The second-order valence-corrected chi connectivity index (χ2v) is 4.81. The Morgan fingerprint density at radius 3 is 3.00 bits per heavy atom. The Morgan fingerprint density at radius 2 is 2.47 bits per heavy atom. The molecule has 0 radical (unpaired) electrons. The Hall–Kier alpha value is -0.510. The lowest BCUT2D eigenvalue weighted by Crippen LogP contribution is -2.21. The van der Waals surface area contributed by atoms with Gasteiger partial charge in [0, 0.05) is 4.88 Å². The van der Waals surface area contributed by atoms with Crippen molar-refractivity contribution < 1.29 is 4.74 Å². The van der Waals surface area contributed by atoms with E-state index in [0.29, 0.717) is 0 Å². The standard InChI is InChI=1S/C11H14ClNOS/c1-13-10(9-4-2-3-6-14-9)11-8(12)5-7-15-11/h4-5,7,10,13H,2-3,6H2,1H3. The quantitative estimate of drug-likeness (QED) is 0.879. The maximum Gasteiger partial charge on any atom is 0.114 e. The predicted molar refractivity (Wildman–Crippen MR) is 64.4 cm³/mol. The highest BCUT2D eigenvalue weighted by atomic mass is 35.5. The van der Waals surface area contributed by atoms with Gasteiger partial charge in [-0.15, -0.1) is 11.3 Å². The second kappa shape index (κ2) is 5.01. The topological polar surface area (TPSA) is 21.3 Å². The minimum atomic E-state index is 0.109. The van der Waals surface area contributed by atoms with E-state index in [4.69, 9.17) is 16.3 Å². The Bertz CT molecular complexity index is 361. The molecule has 0 aliphatic carbocycles. The number of thiophene rings is 1. The van der Waals surface area contributed by atoms with Crippen LogP contribution in [0.15, 0.2) is 23.3 Å². The van der Waals surface area contributed by atoms with Gasteiger partial charge in [-0.25, -0.2) is 0 Å². The van der Waals surface area contributed by atoms with Gasteiger partial charge in [-0.05, 0) is 37.4 Å². The van der Waals surface area contributed by atoms with Crippen LogP contribution in [0.5, 0.6) is 0 Å². The first-order chi connectivity index (χ1) is 7.33. The third-order valence-corrected chi connectivity index (χ3v) is 3.87. The molecule has 1 atom stereocenters. The van der Waals surface area contributed by atoms with Gasteiger partial charge in [0.15, 0.2) is 0 Å². The number of ether oxygens (including phenoxy) is 1. The molecule has 4 heteroatoms. The second-order valence-electron chi connectivity index (χ2n) is 3.45. The van der Waals surface area contributed by atoms with Gasteiger partial charge in [0.2, 0.25) is 0 Å². The van der Waals surface area contributed by atoms with Gasteiger partial charge >= 0.3 is 0 Å². The van der Waals surface area contributed by atoms with Gasteiger partial charge in [0.05, 0.1) is 11.6 Å². The summed E-state index contributed by atoms with van der Waals surface area (Å²) in [5.74, 6) is 1.01. The van der Waals surface area contributed by atoms with Crippen LogP contribution < -0.4 is 5.32 Å². The van der Waals surface area contributed by atoms with Crippen LogP contribution in [-0.2, 0) is 4.74 Å². The van der Waals surface area contributed by atoms with Crippen molar-refractivity contribution >= 4 is 22.9 Å². The average Bonchev–Trinajstić information content (AvgIpc) is 2.68. The lowest BCUT2D eigenvalue weighted by molar-refractivity contribution is 0.170. The molecule has 82 valence electrons. The molecule has 0 saturated heterocycles. The van der Waals surface area contributed by atoms with E-state index in [9.17, 15) is 0 Å². The van der Waals surface area contributed by atoms with Gasteiger partial charge in [0.1, 0.15) is 11.8 Å². The molecule has 1 unspecified atom stereocenters. The van der Waals surface area contributed by atoms with Gasteiger partial charge < -0.3 is 10.1 Å². The zero-order chi connectivity index (χ0) is 10.7. The number of rotatable bonds is 3. The van der Waals surface area contributed by atoms with Gasteiger partial charge in [-0.3, -0.25) is 0 Å². The molecule has 2 heterocycles. The van der Waals surface area contributed by atoms with Gasteiger partial charge in [0.25, 0.3) is 0 Å². The number of allylic oxidation sites excluding steroid dienone is 1. The Kier molecular flexibility index (Phi) is 3.67. The van der Waals surface area contributed by atoms with E-state index in [1.807, 2.05) is 18.5 Å². The van der Waals surface area contributed by atoms with Crippen molar-refractivity contribution in [3.05, 3.63) is 33.2 Å². The summed E-state index contributed by atoms with van der Waals surface area (Å²) in [7, 11) is 1.93. The van der Waals surface area contributed by atoms with E-state index >= 15 is 0 Å². The average molecular weight is 244 g/mol. The fourth-order valence-corrected chi connectivity index (χ4v) is 2.97. The predicted octanol–water partition coefficient (Wildman–Crippen LogP) is 3.36. The third kappa shape index (κ3) is 2.36. The molecular formula is C11H14ClNOS. The highest BCUT2D eigenvalue weighted by Crippen LogP contribution is 2.34. The van der Waals surface area contributed by atoms with Crippen LogP contribution in [-0.4, -0.2) is 13.7 Å². The Labute approximate surface area is 98.9 Å². The number of likely N-dealkylation sites (N-methyl/N-ethyl adjacent to an activating group) is 1. The summed E-state index contributed by atoms with van der Waals surface area (Å²) >= 11 is 7.78. The smallest absolute Gasteiger partial charge is 0.114 e. The fourth-order valence-electron chi connectivity index (χ4n) is 1.69. The van der Waals surface area contributed by atoms with E-state index in [0.717, 1.165) is 35.1 Å². The van der Waals surface area contributed by atoms with Crippen molar-refractivity contribution in [3.63, 3.8) is 0 Å². The normalized spacial score (nSPS) is 18.1. The van der Waals surface area contributed by atoms with Crippen molar-refractivity contribution in [1.82, 2.24) is 5.32 Å². The summed E-state index contributed by atoms with van der Waals surface area (Å²) in [6.07, 6.45) is 4.36. The Balaban J connectivity index is 2.24. The first-order valence-corrected chi connectivity index (χ1v) is 6.31. The summed E-state index contributed by atoms with van der Waals surface area (Å²) in [6.45, 7) is 0.813. The van der Waals surface area contributed by atoms with E-state index in [1.165, 1.54) is 0 Å². The van der Waals surface area contributed by atoms with Crippen LogP contribution >= 0.6 is 22.9 Å². The molecule has 1 aromatic heterocycles.